The van der Waals surface area contributed by atoms with E-state index in [-0.39, 0.29) is 10.7 Å². The first-order valence-electron chi connectivity index (χ1n) is 8.55. The molecule has 2 fully saturated rings. The molecule has 2 saturated heterocycles. The van der Waals surface area contributed by atoms with Gasteiger partial charge in [-0.25, -0.2) is 4.39 Å². The highest BCUT2D eigenvalue weighted by Crippen LogP contribution is 2.26. The highest BCUT2D eigenvalue weighted by atomic mass is 32.1. The summed E-state index contributed by atoms with van der Waals surface area (Å²) >= 11 is 5.11. The quantitative estimate of drug-likeness (QED) is 0.500. The van der Waals surface area contributed by atoms with Crippen LogP contribution in [0.15, 0.2) is 46.4 Å². The van der Waals surface area contributed by atoms with Crippen molar-refractivity contribution in [2.45, 2.75) is 12.8 Å². The first kappa shape index (κ1) is 17.4. The van der Waals surface area contributed by atoms with Gasteiger partial charge in [-0.1, -0.05) is 0 Å². The summed E-state index contributed by atoms with van der Waals surface area (Å²) in [5.74, 6) is -0.493. The molecule has 0 spiro atoms. The molecule has 0 aliphatic carbocycles. The minimum atomic E-state index is -0.595. The van der Waals surface area contributed by atoms with Gasteiger partial charge in [-0.2, -0.15) is 0 Å². The van der Waals surface area contributed by atoms with E-state index in [9.17, 15) is 14.0 Å². The monoisotopic (exact) mass is 385 g/mol. The first-order chi connectivity index (χ1) is 13.0. The van der Waals surface area contributed by atoms with E-state index in [0.717, 1.165) is 30.8 Å². The highest BCUT2D eigenvalue weighted by molar-refractivity contribution is 7.80. The number of nitrogens with zero attached hydrogens (tertiary/aromatic N) is 2. The summed E-state index contributed by atoms with van der Waals surface area (Å²) in [6.07, 6.45) is 3.62. The van der Waals surface area contributed by atoms with Crippen molar-refractivity contribution < 1.29 is 18.4 Å². The highest BCUT2D eigenvalue weighted by Gasteiger charge is 2.34. The van der Waals surface area contributed by atoms with Crippen LogP contribution >= 0.6 is 12.2 Å². The normalized spacial score (nSPS) is 19.1. The van der Waals surface area contributed by atoms with E-state index >= 15 is 0 Å². The predicted octanol–water partition coefficient (Wildman–Crippen LogP) is 2.85. The van der Waals surface area contributed by atoms with Crippen LogP contribution in [-0.4, -0.2) is 30.0 Å². The van der Waals surface area contributed by atoms with Gasteiger partial charge in [-0.05, 0) is 61.5 Å². The van der Waals surface area contributed by atoms with Crippen LogP contribution in [0.3, 0.4) is 0 Å². The maximum absolute atomic E-state index is 13.2. The third-order valence-electron chi connectivity index (χ3n) is 4.50. The maximum atomic E-state index is 13.2. The second-order valence-corrected chi connectivity index (χ2v) is 6.69. The Hall–Kier alpha value is -3.00. The van der Waals surface area contributed by atoms with E-state index in [1.54, 1.807) is 6.07 Å². The van der Waals surface area contributed by atoms with Gasteiger partial charge in [0.15, 0.2) is 11.0 Å². The molecular formula is C19H16FN3O3S. The van der Waals surface area contributed by atoms with Gasteiger partial charge in [0.2, 0.25) is 0 Å². The van der Waals surface area contributed by atoms with E-state index < -0.39 is 17.6 Å². The molecule has 2 aliphatic heterocycles. The van der Waals surface area contributed by atoms with Crippen LogP contribution in [0.2, 0.25) is 0 Å². The number of hydrogen-bond donors (Lipinski definition) is 1. The van der Waals surface area contributed by atoms with Gasteiger partial charge in [0, 0.05) is 19.2 Å². The molecule has 2 amide bonds. The molecule has 1 aromatic carbocycles. The Bertz CT molecular complexity index is 945. The van der Waals surface area contributed by atoms with E-state index in [1.165, 1.54) is 30.3 Å². The summed E-state index contributed by atoms with van der Waals surface area (Å²) in [6.45, 7) is 1.85. The van der Waals surface area contributed by atoms with Crippen molar-refractivity contribution in [2.24, 2.45) is 0 Å². The number of benzene rings is 1. The van der Waals surface area contributed by atoms with Gasteiger partial charge in [0.25, 0.3) is 11.8 Å². The summed E-state index contributed by atoms with van der Waals surface area (Å²) in [7, 11) is 0. The fourth-order valence-electron chi connectivity index (χ4n) is 3.15. The number of rotatable bonds is 3. The number of anilines is 2. The molecule has 4 rings (SSSR count). The van der Waals surface area contributed by atoms with Crippen LogP contribution in [-0.2, 0) is 9.59 Å². The SMILES string of the molecule is O=C1NC(=S)N(c2ccc(F)cc2)C(=O)C1=Cc1ccc(N2CCCC2)o1. The molecule has 0 bridgehead atoms. The van der Waals surface area contributed by atoms with Gasteiger partial charge in [0.1, 0.15) is 17.2 Å². The number of thiocarbonyl (C=S) groups is 1. The number of carbonyl (C=O) groups excluding carboxylic acids is 2. The van der Waals surface area contributed by atoms with E-state index in [1.807, 2.05) is 6.07 Å². The smallest absolute Gasteiger partial charge is 0.270 e. The summed E-state index contributed by atoms with van der Waals surface area (Å²) in [5.41, 5.74) is 0.268. The van der Waals surface area contributed by atoms with Crippen molar-refractivity contribution >= 4 is 46.8 Å². The summed E-state index contributed by atoms with van der Waals surface area (Å²) in [6, 6.07) is 8.83. The van der Waals surface area contributed by atoms with Crippen molar-refractivity contribution in [2.75, 3.05) is 22.9 Å². The zero-order valence-corrected chi connectivity index (χ0v) is 15.1. The lowest BCUT2D eigenvalue weighted by Gasteiger charge is -2.28. The van der Waals surface area contributed by atoms with Crippen LogP contribution in [0.1, 0.15) is 18.6 Å². The zero-order chi connectivity index (χ0) is 19.0. The van der Waals surface area contributed by atoms with Gasteiger partial charge in [0.05, 0.1) is 5.69 Å². The predicted molar refractivity (Wildman–Crippen MR) is 103 cm³/mol. The van der Waals surface area contributed by atoms with Crippen LogP contribution in [0.25, 0.3) is 6.08 Å². The van der Waals surface area contributed by atoms with Gasteiger partial charge in [-0.15, -0.1) is 0 Å². The van der Waals surface area contributed by atoms with Crippen molar-refractivity contribution in [3.05, 3.63) is 53.5 Å². The molecule has 3 heterocycles. The molecular weight excluding hydrogens is 369 g/mol. The van der Waals surface area contributed by atoms with E-state index in [2.05, 4.69) is 10.2 Å². The van der Waals surface area contributed by atoms with Crippen LogP contribution in [0.5, 0.6) is 0 Å². The molecule has 6 nitrogen and oxygen atoms in total. The third kappa shape index (κ3) is 3.35. The lowest BCUT2D eigenvalue weighted by molar-refractivity contribution is -0.122. The van der Waals surface area contributed by atoms with Crippen LogP contribution in [0, 0.1) is 5.82 Å². The summed E-state index contributed by atoms with van der Waals surface area (Å²) in [4.78, 5) is 28.4. The number of carbonyl (C=O) groups is 2. The molecule has 2 aromatic rings. The second kappa shape index (κ2) is 6.96. The maximum Gasteiger partial charge on any atom is 0.270 e. The molecule has 2 aliphatic rings. The van der Waals surface area contributed by atoms with Crippen molar-refractivity contribution in [1.82, 2.24) is 5.32 Å². The lowest BCUT2D eigenvalue weighted by Crippen LogP contribution is -2.54. The van der Waals surface area contributed by atoms with Gasteiger partial charge < -0.3 is 9.32 Å². The average molecular weight is 385 g/mol. The zero-order valence-electron chi connectivity index (χ0n) is 14.3. The molecule has 138 valence electrons. The van der Waals surface area contributed by atoms with Crippen molar-refractivity contribution in [3.8, 4) is 0 Å². The standard InChI is InChI=1S/C19H16FN3O3S/c20-12-3-5-13(6-4-12)23-18(25)15(17(24)21-19(23)27)11-14-7-8-16(26-14)22-9-1-2-10-22/h3-8,11H,1-2,9-10H2,(H,21,24,27). The van der Waals surface area contributed by atoms with Crippen molar-refractivity contribution in [1.29, 1.82) is 0 Å². The summed E-state index contributed by atoms with van der Waals surface area (Å²) in [5, 5.41) is 2.44. The Labute approximate surface area is 160 Å². The molecule has 0 saturated carbocycles. The Morgan fingerprint density at radius 1 is 1.07 bits per heavy atom. The average Bonchev–Trinajstić information content (AvgIpc) is 3.31. The Balaban J connectivity index is 1.64. The number of amides is 2. The van der Waals surface area contributed by atoms with Gasteiger partial charge in [-0.3, -0.25) is 19.8 Å². The number of halogens is 1. The van der Waals surface area contributed by atoms with Crippen molar-refractivity contribution in [3.63, 3.8) is 0 Å². The topological polar surface area (TPSA) is 65.8 Å². The molecule has 1 N–H and O–H groups in total. The number of nitrogens with one attached hydrogen (secondary N) is 1. The largest absolute Gasteiger partial charge is 0.441 e. The van der Waals surface area contributed by atoms with E-state index in [4.69, 9.17) is 16.6 Å². The first-order valence-corrected chi connectivity index (χ1v) is 8.95. The minimum absolute atomic E-state index is 0.0500. The Morgan fingerprint density at radius 2 is 1.78 bits per heavy atom. The molecule has 0 atom stereocenters. The van der Waals surface area contributed by atoms with Crippen LogP contribution < -0.4 is 15.1 Å². The fraction of sp³-hybridized carbons (Fsp3) is 0.211. The number of hydrogen-bond acceptors (Lipinski definition) is 5. The Morgan fingerprint density at radius 3 is 2.48 bits per heavy atom. The summed E-state index contributed by atoms with van der Waals surface area (Å²) < 4.78 is 18.9. The minimum Gasteiger partial charge on any atom is -0.441 e. The molecule has 1 aromatic heterocycles. The van der Waals surface area contributed by atoms with Gasteiger partial charge >= 0.3 is 0 Å². The lowest BCUT2D eigenvalue weighted by atomic mass is 10.1. The molecule has 8 heteroatoms. The third-order valence-corrected chi connectivity index (χ3v) is 4.79. The Kier molecular flexibility index (Phi) is 4.49. The molecule has 0 unspecified atom stereocenters. The molecule has 0 radical (unpaired) electrons. The van der Waals surface area contributed by atoms with E-state index in [0.29, 0.717) is 17.3 Å². The number of furan rings is 1. The van der Waals surface area contributed by atoms with Crippen LogP contribution in [0.4, 0.5) is 16.0 Å². The fourth-order valence-corrected chi connectivity index (χ4v) is 3.43. The second-order valence-electron chi connectivity index (χ2n) is 6.30. The molecule has 27 heavy (non-hydrogen) atoms.